The van der Waals surface area contributed by atoms with Crippen LogP contribution >= 0.6 is 10.5 Å². The van der Waals surface area contributed by atoms with Crippen LogP contribution in [-0.2, 0) is 4.79 Å². The zero-order valence-corrected chi connectivity index (χ0v) is 27.8. The molecular formula is C38H46FN3OS. The fourth-order valence-electron chi connectivity index (χ4n) is 6.78. The van der Waals surface area contributed by atoms with Crippen LogP contribution in [0.5, 0.6) is 0 Å². The van der Waals surface area contributed by atoms with Crippen LogP contribution < -0.4 is 10.2 Å². The van der Waals surface area contributed by atoms with Gasteiger partial charge >= 0.3 is 0 Å². The van der Waals surface area contributed by atoms with Crippen molar-refractivity contribution in [2.75, 3.05) is 29.6 Å². The molecule has 6 heteroatoms. The van der Waals surface area contributed by atoms with Gasteiger partial charge in [0.1, 0.15) is 5.82 Å². The molecule has 2 heterocycles. The molecular weight excluding hydrogens is 566 g/mol. The smallest absolute Gasteiger partial charge is 0.211 e. The van der Waals surface area contributed by atoms with E-state index < -0.39 is 0 Å². The summed E-state index contributed by atoms with van der Waals surface area (Å²) in [7, 11) is -0.106. The lowest BCUT2D eigenvalue weighted by Crippen LogP contribution is -2.29. The third-order valence-electron chi connectivity index (χ3n) is 9.03. The first-order valence-corrected chi connectivity index (χ1v) is 17.5. The molecule has 1 aliphatic rings. The second-order valence-corrected chi connectivity index (χ2v) is 14.3. The molecule has 1 saturated heterocycles. The number of aryl methyl sites for hydroxylation is 1. The molecule has 4 nitrogen and oxygen atoms in total. The quantitative estimate of drug-likeness (QED) is 0.159. The van der Waals surface area contributed by atoms with Crippen molar-refractivity contribution in [2.24, 2.45) is 0 Å². The van der Waals surface area contributed by atoms with Crippen molar-refractivity contribution in [3.05, 3.63) is 89.4 Å². The molecule has 0 bridgehead atoms. The first-order chi connectivity index (χ1) is 21.2. The molecule has 1 unspecified atom stereocenters. The van der Waals surface area contributed by atoms with Gasteiger partial charge in [-0.2, -0.15) is 10.5 Å². The molecule has 5 rings (SSSR count). The number of hydrogen-bond donors (Lipinski definition) is 1. The molecule has 0 radical (unpaired) electrons. The van der Waals surface area contributed by atoms with Gasteiger partial charge < -0.3 is 14.8 Å². The largest absolute Gasteiger partial charge is 0.371 e. The molecule has 3 aromatic carbocycles. The summed E-state index contributed by atoms with van der Waals surface area (Å²) in [5.41, 5.74) is 9.98. The van der Waals surface area contributed by atoms with Crippen LogP contribution in [0.15, 0.2) is 71.6 Å². The Labute approximate surface area is 265 Å². The Morgan fingerprint density at radius 2 is 1.66 bits per heavy atom. The van der Waals surface area contributed by atoms with E-state index in [0.29, 0.717) is 12.3 Å². The molecule has 1 fully saturated rings. The van der Waals surface area contributed by atoms with Gasteiger partial charge in [0.15, 0.2) is 0 Å². The first kappa shape index (κ1) is 31.8. The van der Waals surface area contributed by atoms with E-state index in [1.165, 1.54) is 27.4 Å². The molecule has 0 aliphatic carbocycles. The normalized spacial score (nSPS) is 16.5. The molecule has 0 spiro atoms. The molecule has 0 saturated carbocycles. The van der Waals surface area contributed by atoms with Gasteiger partial charge in [-0.15, -0.1) is 0 Å². The predicted molar refractivity (Wildman–Crippen MR) is 188 cm³/mol. The van der Waals surface area contributed by atoms with E-state index in [0.717, 1.165) is 66.8 Å². The minimum atomic E-state index is -0.193. The minimum Gasteiger partial charge on any atom is -0.371 e. The standard InChI is InChI=1S/C38H46FN3OS/c1-7-44(6)38-28(5)42(26(2)3)37(31-13-11-27(4)12-14-31)36(38)32-22-33(39)24-35(23-32)41-20-9-8-10-29(19-21-41)30-15-17-34(18-16-30)40-25-43/h7,11-18,22-26,29H,8-10,19-21H2,1-6H3,(H,40,43)/t29-,44?/m0/s1. The fraction of sp³-hybridized carbons (Fsp3) is 0.368. The van der Waals surface area contributed by atoms with Crippen molar-refractivity contribution >= 4 is 33.6 Å². The number of anilines is 2. The SMILES string of the molecule is C/C=S(\C)c1c(-c2cc(F)cc(N3CCCC[C@H](c4ccc(NC=O)cc4)CC3)c2)c(-c2ccc(C)cc2)n(C(C)C)c1C. The topological polar surface area (TPSA) is 37.3 Å². The van der Waals surface area contributed by atoms with Crippen molar-refractivity contribution in [1.82, 2.24) is 4.57 Å². The van der Waals surface area contributed by atoms with Crippen LogP contribution in [-0.4, -0.2) is 35.7 Å². The highest BCUT2D eigenvalue weighted by molar-refractivity contribution is 8.14. The Morgan fingerprint density at radius 3 is 2.32 bits per heavy atom. The predicted octanol–water partition coefficient (Wildman–Crippen LogP) is 9.97. The summed E-state index contributed by atoms with van der Waals surface area (Å²) in [5.74, 6) is 0.238. The second kappa shape index (κ2) is 14.0. The summed E-state index contributed by atoms with van der Waals surface area (Å²) < 4.78 is 18.1. The Bertz CT molecular complexity index is 1640. The van der Waals surface area contributed by atoms with Crippen LogP contribution in [0.3, 0.4) is 0 Å². The average Bonchev–Trinajstić information content (AvgIpc) is 3.30. The number of carbonyl (C=O) groups excluding carboxylic acids is 1. The summed E-state index contributed by atoms with van der Waals surface area (Å²) in [4.78, 5) is 14.5. The number of rotatable bonds is 8. The number of benzene rings is 3. The van der Waals surface area contributed by atoms with Crippen LogP contribution in [0.4, 0.5) is 15.8 Å². The third kappa shape index (κ3) is 6.71. The Balaban J connectivity index is 1.57. The summed E-state index contributed by atoms with van der Waals surface area (Å²) in [6.07, 6.45) is 7.32. The van der Waals surface area contributed by atoms with E-state index in [9.17, 15) is 4.79 Å². The van der Waals surface area contributed by atoms with E-state index in [2.05, 4.69) is 103 Å². The number of hydrogen-bond acceptors (Lipinski definition) is 2. The second-order valence-electron chi connectivity index (χ2n) is 12.3. The van der Waals surface area contributed by atoms with Crippen molar-refractivity contribution in [3.63, 3.8) is 0 Å². The van der Waals surface area contributed by atoms with Crippen molar-refractivity contribution in [1.29, 1.82) is 0 Å². The molecule has 2 atom stereocenters. The molecule has 232 valence electrons. The lowest BCUT2D eigenvalue weighted by atomic mass is 9.89. The molecule has 44 heavy (non-hydrogen) atoms. The van der Waals surface area contributed by atoms with Gasteiger partial charge in [0.25, 0.3) is 0 Å². The van der Waals surface area contributed by atoms with E-state index in [-0.39, 0.29) is 22.3 Å². The van der Waals surface area contributed by atoms with E-state index >= 15 is 4.39 Å². The summed E-state index contributed by atoms with van der Waals surface area (Å²) >= 11 is 0. The number of nitrogens with zero attached hydrogens (tertiary/aromatic N) is 2. The van der Waals surface area contributed by atoms with Crippen LogP contribution in [0, 0.1) is 19.7 Å². The molecule has 1 N–H and O–H groups in total. The number of halogens is 1. The van der Waals surface area contributed by atoms with E-state index in [4.69, 9.17) is 0 Å². The molecule has 1 aliphatic heterocycles. The zero-order chi connectivity index (χ0) is 31.4. The highest BCUT2D eigenvalue weighted by atomic mass is 32.2. The van der Waals surface area contributed by atoms with Gasteiger partial charge in [0, 0.05) is 46.7 Å². The summed E-state index contributed by atoms with van der Waals surface area (Å²) in [6, 6.07) is 22.9. The zero-order valence-electron chi connectivity index (χ0n) is 27.0. The minimum absolute atomic E-state index is 0.106. The number of aromatic nitrogens is 1. The number of amides is 1. The van der Waals surface area contributed by atoms with Gasteiger partial charge in [-0.25, -0.2) is 4.39 Å². The molecule has 1 amide bonds. The van der Waals surface area contributed by atoms with Gasteiger partial charge in [-0.1, -0.05) is 53.7 Å². The maximum Gasteiger partial charge on any atom is 0.211 e. The monoisotopic (exact) mass is 611 g/mol. The summed E-state index contributed by atoms with van der Waals surface area (Å²) in [6.45, 7) is 12.7. The average molecular weight is 612 g/mol. The Morgan fingerprint density at radius 1 is 0.932 bits per heavy atom. The highest BCUT2D eigenvalue weighted by Gasteiger charge is 2.26. The van der Waals surface area contributed by atoms with Crippen molar-refractivity contribution in [3.8, 4) is 22.4 Å². The fourth-order valence-corrected chi connectivity index (χ4v) is 8.12. The number of carbonyl (C=O) groups is 1. The van der Waals surface area contributed by atoms with Crippen molar-refractivity contribution in [2.45, 2.75) is 77.2 Å². The van der Waals surface area contributed by atoms with Crippen LogP contribution in [0.25, 0.3) is 22.4 Å². The Hall–Kier alpha value is -3.64. The van der Waals surface area contributed by atoms with E-state index in [1.807, 2.05) is 12.1 Å². The van der Waals surface area contributed by atoms with Gasteiger partial charge in [0.05, 0.1) is 5.69 Å². The van der Waals surface area contributed by atoms with Gasteiger partial charge in [-0.05, 0) is 113 Å². The van der Waals surface area contributed by atoms with Gasteiger partial charge in [0.2, 0.25) is 6.41 Å². The maximum atomic E-state index is 15.7. The highest BCUT2D eigenvalue weighted by Crippen LogP contribution is 2.47. The maximum absolute atomic E-state index is 15.7. The van der Waals surface area contributed by atoms with Gasteiger partial charge in [-0.3, -0.25) is 4.79 Å². The summed E-state index contributed by atoms with van der Waals surface area (Å²) in [5, 5.41) is 5.00. The molecule has 1 aromatic heterocycles. The lowest BCUT2D eigenvalue weighted by Gasteiger charge is -2.31. The molecule has 4 aromatic rings. The lowest BCUT2D eigenvalue weighted by molar-refractivity contribution is -0.105. The van der Waals surface area contributed by atoms with Crippen LogP contribution in [0.1, 0.15) is 75.2 Å². The van der Waals surface area contributed by atoms with Crippen LogP contribution in [0.2, 0.25) is 0 Å². The van der Waals surface area contributed by atoms with E-state index in [1.54, 1.807) is 12.1 Å². The Kier molecular flexibility index (Phi) is 10.1. The first-order valence-electron chi connectivity index (χ1n) is 15.8. The van der Waals surface area contributed by atoms with Crippen molar-refractivity contribution < 1.29 is 9.18 Å². The number of nitrogens with one attached hydrogen (secondary N) is 1. The third-order valence-corrected chi connectivity index (χ3v) is 10.9.